The van der Waals surface area contributed by atoms with Crippen molar-refractivity contribution in [3.05, 3.63) is 21.6 Å². The number of esters is 1. The van der Waals surface area contributed by atoms with Gasteiger partial charge in [-0.3, -0.25) is 19.0 Å². The molecule has 3 heterocycles. The lowest BCUT2D eigenvalue weighted by molar-refractivity contribution is -0.151. The number of hydrogen-bond acceptors (Lipinski definition) is 6. The van der Waals surface area contributed by atoms with Crippen molar-refractivity contribution in [1.29, 1.82) is 0 Å². The zero-order valence-electron chi connectivity index (χ0n) is 16.2. The molecule has 1 atom stereocenters. The van der Waals surface area contributed by atoms with Crippen LogP contribution in [-0.4, -0.2) is 51.8 Å². The number of piperidine rings is 1. The summed E-state index contributed by atoms with van der Waals surface area (Å²) in [5.41, 5.74) is 1.51. The normalized spacial score (nSPS) is 19.8. The Morgan fingerprint density at radius 3 is 2.59 bits per heavy atom. The fourth-order valence-corrected chi connectivity index (χ4v) is 5.01. The van der Waals surface area contributed by atoms with E-state index in [0.717, 1.165) is 11.3 Å². The van der Waals surface area contributed by atoms with Crippen molar-refractivity contribution in [1.82, 2.24) is 14.5 Å². The molecule has 8 heteroatoms. The van der Waals surface area contributed by atoms with E-state index in [0.29, 0.717) is 56.3 Å². The van der Waals surface area contributed by atoms with E-state index >= 15 is 0 Å². The van der Waals surface area contributed by atoms with Gasteiger partial charge in [0.15, 0.2) is 5.16 Å². The second-order valence-electron chi connectivity index (χ2n) is 7.06. The maximum atomic E-state index is 12.8. The van der Waals surface area contributed by atoms with Gasteiger partial charge in [-0.1, -0.05) is 18.7 Å². The highest BCUT2D eigenvalue weighted by atomic mass is 32.2. The van der Waals surface area contributed by atoms with Crippen LogP contribution in [-0.2, 0) is 20.7 Å². The van der Waals surface area contributed by atoms with Gasteiger partial charge < -0.3 is 9.64 Å². The van der Waals surface area contributed by atoms with Gasteiger partial charge in [0.1, 0.15) is 0 Å². The Labute approximate surface area is 163 Å². The molecule has 0 aliphatic carbocycles. The Bertz CT molecular complexity index is 784. The zero-order valence-corrected chi connectivity index (χ0v) is 17.0. The van der Waals surface area contributed by atoms with E-state index in [1.807, 2.05) is 18.7 Å². The summed E-state index contributed by atoms with van der Waals surface area (Å²) in [5.74, 6) is 0.464. The van der Waals surface area contributed by atoms with E-state index in [9.17, 15) is 14.4 Å². The molecule has 1 unspecified atom stereocenters. The van der Waals surface area contributed by atoms with Gasteiger partial charge in [0.25, 0.3) is 5.56 Å². The summed E-state index contributed by atoms with van der Waals surface area (Å²) in [5, 5.41) is 0.716. The van der Waals surface area contributed by atoms with Crippen LogP contribution in [0.1, 0.15) is 50.4 Å². The maximum Gasteiger partial charge on any atom is 0.309 e. The summed E-state index contributed by atoms with van der Waals surface area (Å²) in [4.78, 5) is 43.8. The molecule has 2 aliphatic rings. The third-order valence-electron chi connectivity index (χ3n) is 5.38. The smallest absolute Gasteiger partial charge is 0.309 e. The van der Waals surface area contributed by atoms with Gasteiger partial charge in [-0.25, -0.2) is 4.98 Å². The van der Waals surface area contributed by atoms with Crippen LogP contribution >= 0.6 is 11.8 Å². The Morgan fingerprint density at radius 2 is 1.96 bits per heavy atom. The van der Waals surface area contributed by atoms with Gasteiger partial charge in [0.2, 0.25) is 5.91 Å². The van der Waals surface area contributed by atoms with Crippen LogP contribution in [0.25, 0.3) is 0 Å². The van der Waals surface area contributed by atoms with Gasteiger partial charge >= 0.3 is 5.97 Å². The van der Waals surface area contributed by atoms with Crippen LogP contribution in [0.3, 0.4) is 0 Å². The monoisotopic (exact) mass is 393 g/mol. The average Bonchev–Trinajstić information content (AvgIpc) is 3.05. The molecule has 1 saturated heterocycles. The highest BCUT2D eigenvalue weighted by Crippen LogP contribution is 2.33. The van der Waals surface area contributed by atoms with Crippen molar-refractivity contribution in [2.24, 2.45) is 5.92 Å². The molecule has 0 spiro atoms. The molecule has 0 aromatic carbocycles. The minimum atomic E-state index is -0.161. The Morgan fingerprint density at radius 1 is 1.26 bits per heavy atom. The Kier molecular flexibility index (Phi) is 6.24. The number of aromatic nitrogens is 2. The van der Waals surface area contributed by atoms with Crippen molar-refractivity contribution >= 4 is 23.6 Å². The van der Waals surface area contributed by atoms with E-state index in [1.165, 1.54) is 0 Å². The number of fused-ring (bicyclic) bond motifs is 1. The molecule has 2 aliphatic heterocycles. The summed E-state index contributed by atoms with van der Waals surface area (Å²) < 4.78 is 6.79. The van der Waals surface area contributed by atoms with Gasteiger partial charge in [0.05, 0.1) is 18.6 Å². The minimum absolute atomic E-state index is 0.0104. The SMILES string of the molecule is CCOC(=O)C1CCN(C(=O)CC2CSc3nc(C)c(CC)c(=O)n32)CC1. The number of carbonyl (C=O) groups excluding carboxylic acids is 2. The van der Waals surface area contributed by atoms with E-state index in [4.69, 9.17) is 4.74 Å². The first-order valence-electron chi connectivity index (χ1n) is 9.65. The first-order chi connectivity index (χ1) is 13.0. The number of amides is 1. The minimum Gasteiger partial charge on any atom is -0.466 e. The molecule has 0 bridgehead atoms. The molecule has 1 aromatic heterocycles. The second kappa shape index (κ2) is 8.46. The zero-order chi connectivity index (χ0) is 19.6. The number of nitrogens with zero attached hydrogens (tertiary/aromatic N) is 3. The molecule has 1 fully saturated rings. The fraction of sp³-hybridized carbons (Fsp3) is 0.684. The number of rotatable bonds is 5. The van der Waals surface area contributed by atoms with Crippen LogP contribution in [0.2, 0.25) is 0 Å². The summed E-state index contributed by atoms with van der Waals surface area (Å²) in [6, 6.07) is -0.147. The number of likely N-dealkylation sites (tertiary alicyclic amines) is 1. The van der Waals surface area contributed by atoms with E-state index in [1.54, 1.807) is 23.3 Å². The molecule has 1 aromatic rings. The standard InChI is InChI=1S/C19H27N3O4S/c1-4-15-12(3)20-19-22(17(15)24)14(11-27-19)10-16(23)21-8-6-13(7-9-21)18(25)26-5-2/h13-14H,4-11H2,1-3H3. The van der Waals surface area contributed by atoms with E-state index < -0.39 is 0 Å². The van der Waals surface area contributed by atoms with Crippen molar-refractivity contribution in [3.63, 3.8) is 0 Å². The van der Waals surface area contributed by atoms with Crippen molar-refractivity contribution in [2.45, 2.75) is 57.7 Å². The lowest BCUT2D eigenvalue weighted by Crippen LogP contribution is -2.42. The van der Waals surface area contributed by atoms with Crippen LogP contribution in [0.5, 0.6) is 0 Å². The predicted molar refractivity (Wildman–Crippen MR) is 103 cm³/mol. The molecule has 3 rings (SSSR count). The van der Waals surface area contributed by atoms with Crippen molar-refractivity contribution < 1.29 is 14.3 Å². The number of aryl methyl sites for hydroxylation is 1. The third-order valence-corrected chi connectivity index (χ3v) is 6.48. The van der Waals surface area contributed by atoms with Crippen LogP contribution < -0.4 is 5.56 Å². The predicted octanol–water partition coefficient (Wildman–Crippen LogP) is 1.95. The number of carbonyl (C=O) groups is 2. The Hall–Kier alpha value is -1.83. The van der Waals surface area contributed by atoms with Crippen LogP contribution in [0.15, 0.2) is 9.95 Å². The highest BCUT2D eigenvalue weighted by Gasteiger charge is 2.33. The van der Waals surface area contributed by atoms with Crippen molar-refractivity contribution in [2.75, 3.05) is 25.4 Å². The number of thioether (sulfide) groups is 1. The van der Waals surface area contributed by atoms with Gasteiger partial charge in [-0.15, -0.1) is 0 Å². The fourth-order valence-electron chi connectivity index (χ4n) is 3.83. The van der Waals surface area contributed by atoms with Gasteiger partial charge in [-0.05, 0) is 33.1 Å². The first kappa shape index (κ1) is 19.9. The second-order valence-corrected chi connectivity index (χ2v) is 8.05. The molecule has 148 valence electrons. The van der Waals surface area contributed by atoms with Crippen molar-refractivity contribution in [3.8, 4) is 0 Å². The molecule has 0 radical (unpaired) electrons. The molecule has 0 N–H and O–H groups in total. The van der Waals surface area contributed by atoms with E-state index in [2.05, 4.69) is 4.98 Å². The number of ether oxygens (including phenoxy) is 1. The lowest BCUT2D eigenvalue weighted by Gasteiger charge is -2.31. The molecule has 1 amide bonds. The first-order valence-corrected chi connectivity index (χ1v) is 10.6. The van der Waals surface area contributed by atoms with Gasteiger partial charge in [-0.2, -0.15) is 0 Å². The summed E-state index contributed by atoms with van der Waals surface area (Å²) in [7, 11) is 0. The maximum absolute atomic E-state index is 12.8. The highest BCUT2D eigenvalue weighted by molar-refractivity contribution is 7.99. The lowest BCUT2D eigenvalue weighted by atomic mass is 9.96. The van der Waals surface area contributed by atoms with Crippen LogP contribution in [0, 0.1) is 12.8 Å². The number of hydrogen-bond donors (Lipinski definition) is 0. The molecular formula is C19H27N3O4S. The molecule has 27 heavy (non-hydrogen) atoms. The van der Waals surface area contributed by atoms with E-state index in [-0.39, 0.29) is 29.4 Å². The molecular weight excluding hydrogens is 366 g/mol. The molecule has 7 nitrogen and oxygen atoms in total. The summed E-state index contributed by atoms with van der Waals surface area (Å²) in [6.45, 7) is 7.14. The average molecular weight is 394 g/mol. The third kappa shape index (κ3) is 4.05. The van der Waals surface area contributed by atoms with Crippen LogP contribution in [0.4, 0.5) is 0 Å². The quantitative estimate of drug-likeness (QED) is 0.562. The van der Waals surface area contributed by atoms with Gasteiger partial charge in [0, 0.05) is 36.5 Å². The topological polar surface area (TPSA) is 81.5 Å². The Balaban J connectivity index is 1.64. The molecule has 0 saturated carbocycles. The summed E-state index contributed by atoms with van der Waals surface area (Å²) in [6.07, 6.45) is 2.23. The largest absolute Gasteiger partial charge is 0.466 e. The summed E-state index contributed by atoms with van der Waals surface area (Å²) >= 11 is 1.54.